The second-order valence-corrected chi connectivity index (χ2v) is 9.11. The zero-order chi connectivity index (χ0) is 24.4. The number of benzene rings is 2. The molecule has 1 aromatic heterocycles. The summed E-state index contributed by atoms with van der Waals surface area (Å²) < 4.78 is 16.4. The van der Waals surface area contributed by atoms with Crippen LogP contribution in [0.4, 0.5) is 0 Å². The van der Waals surface area contributed by atoms with Gasteiger partial charge in [0, 0.05) is 24.2 Å². The Kier molecular flexibility index (Phi) is 6.57. The number of hydrogen-bond acceptors (Lipinski definition) is 6. The van der Waals surface area contributed by atoms with E-state index in [2.05, 4.69) is 0 Å². The van der Waals surface area contributed by atoms with Gasteiger partial charge in [-0.2, -0.15) is 0 Å². The Balaban J connectivity index is 1.33. The van der Waals surface area contributed by atoms with Crippen molar-refractivity contribution in [1.29, 1.82) is 0 Å². The summed E-state index contributed by atoms with van der Waals surface area (Å²) in [6.45, 7) is 0.721. The maximum Gasteiger partial charge on any atom is 0.339 e. The van der Waals surface area contributed by atoms with Crippen molar-refractivity contribution in [2.45, 2.75) is 45.1 Å². The number of carbonyl (C=O) groups is 2. The smallest absolute Gasteiger partial charge is 0.339 e. The molecule has 1 aliphatic carbocycles. The number of aryl methyl sites for hydroxylation is 1. The molecule has 0 spiro atoms. The standard InChI is InChI=1S/C28H30N2O5/c1-33-24-14-18-12-13-30(16-19(18)15-25(24)34-2)26(31)17-35-28(32)27-20-8-4-3-5-10-22(20)29-23-11-7-6-9-21(23)27/h6-7,9,11,14-15H,3-5,8,10,12-13,16-17H2,1-2H3. The molecule has 1 amide bonds. The lowest BCUT2D eigenvalue weighted by Crippen LogP contribution is -2.38. The summed E-state index contributed by atoms with van der Waals surface area (Å²) >= 11 is 0. The SMILES string of the molecule is COc1cc2c(cc1OC)CN(C(=O)COC(=O)c1c3c(nc4ccccc14)CCCCC3)CC2. The van der Waals surface area contributed by atoms with Gasteiger partial charge in [-0.1, -0.05) is 24.6 Å². The van der Waals surface area contributed by atoms with E-state index < -0.39 is 5.97 Å². The highest BCUT2D eigenvalue weighted by atomic mass is 16.5. The summed E-state index contributed by atoms with van der Waals surface area (Å²) in [4.78, 5) is 32.9. The number of amides is 1. The van der Waals surface area contributed by atoms with Gasteiger partial charge in [-0.25, -0.2) is 4.79 Å². The van der Waals surface area contributed by atoms with Crippen LogP contribution in [0.25, 0.3) is 10.9 Å². The van der Waals surface area contributed by atoms with Crippen LogP contribution in [0.5, 0.6) is 11.5 Å². The van der Waals surface area contributed by atoms with Gasteiger partial charge < -0.3 is 19.1 Å². The fraction of sp³-hybridized carbons (Fsp3) is 0.393. The first-order valence-corrected chi connectivity index (χ1v) is 12.2. The number of rotatable bonds is 5. The minimum atomic E-state index is -0.445. The van der Waals surface area contributed by atoms with E-state index >= 15 is 0 Å². The molecule has 0 N–H and O–H groups in total. The minimum absolute atomic E-state index is 0.205. The van der Waals surface area contributed by atoms with Crippen LogP contribution >= 0.6 is 0 Å². The van der Waals surface area contributed by atoms with E-state index in [1.165, 1.54) is 0 Å². The zero-order valence-corrected chi connectivity index (χ0v) is 20.3. The predicted octanol–water partition coefficient (Wildman–Crippen LogP) is 4.26. The van der Waals surface area contributed by atoms with Crippen molar-refractivity contribution in [2.24, 2.45) is 0 Å². The van der Waals surface area contributed by atoms with Crippen LogP contribution in [0.3, 0.4) is 0 Å². The Morgan fingerprint density at radius 1 is 0.943 bits per heavy atom. The number of carbonyl (C=O) groups excluding carboxylic acids is 2. The number of pyridine rings is 1. The van der Waals surface area contributed by atoms with Crippen molar-refractivity contribution in [1.82, 2.24) is 9.88 Å². The van der Waals surface area contributed by atoms with E-state index in [0.29, 0.717) is 36.6 Å². The van der Waals surface area contributed by atoms with Crippen LogP contribution in [0.15, 0.2) is 36.4 Å². The maximum atomic E-state index is 13.3. The molecule has 0 radical (unpaired) electrons. The van der Waals surface area contributed by atoms with E-state index in [1.54, 1.807) is 19.1 Å². The maximum absolute atomic E-state index is 13.3. The van der Waals surface area contributed by atoms with E-state index in [9.17, 15) is 9.59 Å². The highest BCUT2D eigenvalue weighted by Crippen LogP contribution is 2.33. The third-order valence-electron chi connectivity index (χ3n) is 7.02. The molecular weight excluding hydrogens is 444 g/mol. The fourth-order valence-corrected chi connectivity index (χ4v) is 5.17. The first kappa shape index (κ1) is 23.1. The summed E-state index contributed by atoms with van der Waals surface area (Å²) in [7, 11) is 3.21. The van der Waals surface area contributed by atoms with E-state index in [1.807, 2.05) is 36.4 Å². The van der Waals surface area contributed by atoms with Crippen LogP contribution < -0.4 is 9.47 Å². The van der Waals surface area contributed by atoms with E-state index in [4.69, 9.17) is 19.2 Å². The van der Waals surface area contributed by atoms with Gasteiger partial charge in [0.05, 0.1) is 25.3 Å². The highest BCUT2D eigenvalue weighted by molar-refractivity contribution is 6.05. The van der Waals surface area contributed by atoms with E-state index in [0.717, 1.165) is 65.4 Å². The molecule has 182 valence electrons. The van der Waals surface area contributed by atoms with Crippen LogP contribution in [-0.4, -0.2) is 49.1 Å². The molecule has 1 aliphatic heterocycles. The van der Waals surface area contributed by atoms with Gasteiger partial charge in [0.25, 0.3) is 5.91 Å². The molecule has 3 aromatic rings. The average molecular weight is 475 g/mol. The van der Waals surface area contributed by atoms with Crippen molar-refractivity contribution in [3.8, 4) is 11.5 Å². The van der Waals surface area contributed by atoms with Crippen molar-refractivity contribution in [2.75, 3.05) is 27.4 Å². The number of aromatic nitrogens is 1. The van der Waals surface area contributed by atoms with Gasteiger partial charge in [-0.05, 0) is 67.0 Å². The lowest BCUT2D eigenvalue weighted by Gasteiger charge is -2.29. The Morgan fingerprint density at radius 3 is 2.49 bits per heavy atom. The normalized spacial score (nSPS) is 15.1. The predicted molar refractivity (Wildman–Crippen MR) is 132 cm³/mol. The first-order valence-electron chi connectivity index (χ1n) is 12.2. The Hall–Kier alpha value is -3.61. The van der Waals surface area contributed by atoms with Crippen LogP contribution in [0.1, 0.15) is 52.0 Å². The molecule has 7 heteroatoms. The number of para-hydroxylation sites is 1. The lowest BCUT2D eigenvalue weighted by molar-refractivity contribution is -0.135. The quantitative estimate of drug-likeness (QED) is 0.406. The molecule has 2 aromatic carbocycles. The molecule has 0 unspecified atom stereocenters. The van der Waals surface area contributed by atoms with Gasteiger partial charge in [-0.15, -0.1) is 0 Å². The molecule has 0 saturated carbocycles. The molecule has 0 fully saturated rings. The van der Waals surface area contributed by atoms with Gasteiger partial charge in [0.2, 0.25) is 0 Å². The zero-order valence-electron chi connectivity index (χ0n) is 20.3. The second kappa shape index (κ2) is 9.94. The lowest BCUT2D eigenvalue weighted by atomic mass is 9.97. The number of esters is 1. The number of fused-ring (bicyclic) bond motifs is 3. The molecule has 35 heavy (non-hydrogen) atoms. The fourth-order valence-electron chi connectivity index (χ4n) is 5.17. The minimum Gasteiger partial charge on any atom is -0.493 e. The van der Waals surface area contributed by atoms with Gasteiger partial charge >= 0.3 is 5.97 Å². The van der Waals surface area contributed by atoms with Crippen molar-refractivity contribution in [3.05, 3.63) is 64.3 Å². The molecule has 2 heterocycles. The first-order chi connectivity index (χ1) is 17.1. The Morgan fingerprint density at radius 2 is 1.69 bits per heavy atom. The Bertz CT molecular complexity index is 1290. The molecule has 0 atom stereocenters. The van der Waals surface area contributed by atoms with Crippen molar-refractivity contribution in [3.63, 3.8) is 0 Å². The third-order valence-corrected chi connectivity index (χ3v) is 7.02. The molecule has 5 rings (SSSR count). The van der Waals surface area contributed by atoms with Gasteiger partial charge in [0.1, 0.15) is 0 Å². The number of nitrogens with zero attached hydrogens (tertiary/aromatic N) is 2. The van der Waals surface area contributed by atoms with Crippen LogP contribution in [0, 0.1) is 0 Å². The molecule has 7 nitrogen and oxygen atoms in total. The Labute approximate surface area is 205 Å². The molecule has 0 bridgehead atoms. The van der Waals surface area contributed by atoms with Gasteiger partial charge in [0.15, 0.2) is 18.1 Å². The second-order valence-electron chi connectivity index (χ2n) is 9.11. The van der Waals surface area contributed by atoms with Crippen molar-refractivity contribution < 1.29 is 23.8 Å². The summed E-state index contributed by atoms with van der Waals surface area (Å²) in [5.41, 5.74) is 5.47. The molecule has 2 aliphatic rings. The van der Waals surface area contributed by atoms with Crippen LogP contribution in [-0.2, 0) is 35.3 Å². The molecule has 0 saturated heterocycles. The topological polar surface area (TPSA) is 78.0 Å². The summed E-state index contributed by atoms with van der Waals surface area (Å²) in [5, 5.41) is 0.790. The highest BCUT2D eigenvalue weighted by Gasteiger charge is 2.26. The van der Waals surface area contributed by atoms with Crippen molar-refractivity contribution >= 4 is 22.8 Å². The third kappa shape index (κ3) is 4.55. The summed E-state index contributed by atoms with van der Waals surface area (Å²) in [6.07, 6.45) is 5.58. The summed E-state index contributed by atoms with van der Waals surface area (Å²) in [6, 6.07) is 11.6. The summed E-state index contributed by atoms with van der Waals surface area (Å²) in [5.74, 6) is 0.669. The monoisotopic (exact) mass is 474 g/mol. The van der Waals surface area contributed by atoms with Crippen LogP contribution in [0.2, 0.25) is 0 Å². The molecular formula is C28H30N2O5. The largest absolute Gasteiger partial charge is 0.493 e. The van der Waals surface area contributed by atoms with Gasteiger partial charge in [-0.3, -0.25) is 9.78 Å². The number of methoxy groups -OCH3 is 2. The average Bonchev–Trinajstić information content (AvgIpc) is 3.14. The number of ether oxygens (including phenoxy) is 3. The number of hydrogen-bond donors (Lipinski definition) is 0. The van der Waals surface area contributed by atoms with E-state index in [-0.39, 0.29) is 12.5 Å².